The van der Waals surface area contributed by atoms with E-state index in [9.17, 15) is 13.2 Å². The number of piperazine rings is 1. The van der Waals surface area contributed by atoms with Gasteiger partial charge in [-0.15, -0.1) is 0 Å². The molecule has 2 aromatic carbocycles. The molecule has 1 N–H and O–H groups in total. The number of likely N-dealkylation sites (N-methyl/N-ethyl adjacent to an activating group) is 1. The number of carbonyl (C=O) groups is 1. The van der Waals surface area contributed by atoms with E-state index in [4.69, 9.17) is 0 Å². The van der Waals surface area contributed by atoms with E-state index in [1.54, 1.807) is 17.0 Å². The summed E-state index contributed by atoms with van der Waals surface area (Å²) < 4.78 is 27.4. The van der Waals surface area contributed by atoms with Crippen molar-refractivity contribution in [2.24, 2.45) is 0 Å². The highest BCUT2D eigenvalue weighted by Gasteiger charge is 2.31. The Bertz CT molecular complexity index is 1010. The summed E-state index contributed by atoms with van der Waals surface area (Å²) in [5.74, 6) is 0.0734. The van der Waals surface area contributed by atoms with Gasteiger partial charge in [-0.05, 0) is 49.6 Å². The number of nitrogens with zero attached hydrogens (tertiary/aromatic N) is 2. The molecular formula is C23H32N3O3S+. The molecule has 1 unspecified atom stereocenters. The van der Waals surface area contributed by atoms with Gasteiger partial charge in [0.2, 0.25) is 10.0 Å². The fourth-order valence-electron chi connectivity index (χ4n) is 3.77. The lowest BCUT2D eigenvalue weighted by molar-refractivity contribution is -0.885. The first-order valence-electron chi connectivity index (χ1n) is 10.4. The third kappa shape index (κ3) is 5.09. The standard InChI is InChI=1S/C23H31N3O3S/c1-18-9-10-22(15-20(18)3)30(28,29)26-13-11-25(12-14-26)23(27)17-24(4)16-21-8-6-5-7-19(21)2/h5-10,15H,11-14,16-17H2,1-4H3/p+1. The van der Waals surface area contributed by atoms with E-state index in [0.717, 1.165) is 22.6 Å². The number of nitrogens with one attached hydrogen (secondary N) is 1. The van der Waals surface area contributed by atoms with Crippen LogP contribution in [0.3, 0.4) is 0 Å². The SMILES string of the molecule is Cc1ccc(S(=O)(=O)N2CCN(C(=O)C[NH+](C)Cc3ccccc3C)CC2)cc1C. The number of hydrogen-bond acceptors (Lipinski definition) is 3. The van der Waals surface area contributed by atoms with Gasteiger partial charge < -0.3 is 9.80 Å². The zero-order valence-corrected chi connectivity index (χ0v) is 19.1. The van der Waals surface area contributed by atoms with Crippen LogP contribution in [0, 0.1) is 20.8 Å². The van der Waals surface area contributed by atoms with Crippen molar-refractivity contribution in [3.05, 3.63) is 64.7 Å². The Morgan fingerprint density at radius 1 is 0.933 bits per heavy atom. The summed E-state index contributed by atoms with van der Waals surface area (Å²) in [6.45, 7) is 8.68. The van der Waals surface area contributed by atoms with Crippen LogP contribution in [-0.2, 0) is 21.4 Å². The molecule has 1 heterocycles. The molecule has 0 bridgehead atoms. The van der Waals surface area contributed by atoms with Crippen molar-refractivity contribution in [2.45, 2.75) is 32.2 Å². The van der Waals surface area contributed by atoms with E-state index < -0.39 is 10.0 Å². The van der Waals surface area contributed by atoms with Gasteiger partial charge in [-0.3, -0.25) is 4.79 Å². The second-order valence-corrected chi connectivity index (χ2v) is 10.2. The molecule has 1 atom stereocenters. The molecular weight excluding hydrogens is 398 g/mol. The summed E-state index contributed by atoms with van der Waals surface area (Å²) in [6, 6.07) is 13.5. The molecule has 1 saturated heterocycles. The molecule has 6 nitrogen and oxygen atoms in total. The second kappa shape index (κ2) is 9.29. The highest BCUT2D eigenvalue weighted by atomic mass is 32.2. The van der Waals surface area contributed by atoms with Crippen LogP contribution in [0.15, 0.2) is 47.4 Å². The molecule has 1 aliphatic rings. The molecule has 0 saturated carbocycles. The van der Waals surface area contributed by atoms with Crippen LogP contribution in [0.1, 0.15) is 22.3 Å². The van der Waals surface area contributed by atoms with Crippen LogP contribution < -0.4 is 4.90 Å². The molecule has 0 spiro atoms. The fraction of sp³-hybridized carbons (Fsp3) is 0.435. The minimum atomic E-state index is -3.53. The molecule has 1 fully saturated rings. The summed E-state index contributed by atoms with van der Waals surface area (Å²) in [6.07, 6.45) is 0. The van der Waals surface area contributed by atoms with Crippen LogP contribution in [0.25, 0.3) is 0 Å². The van der Waals surface area contributed by atoms with Gasteiger partial charge in [0.1, 0.15) is 6.54 Å². The van der Waals surface area contributed by atoms with Crippen LogP contribution in [0.4, 0.5) is 0 Å². The Kier molecular flexibility index (Phi) is 6.95. The monoisotopic (exact) mass is 430 g/mol. The fourth-order valence-corrected chi connectivity index (χ4v) is 5.28. The third-order valence-electron chi connectivity index (χ3n) is 5.91. The first-order valence-corrected chi connectivity index (χ1v) is 11.8. The molecule has 1 aliphatic heterocycles. The minimum Gasteiger partial charge on any atom is -0.335 e. The van der Waals surface area contributed by atoms with Gasteiger partial charge in [0, 0.05) is 31.7 Å². The Labute approximate surface area is 180 Å². The number of sulfonamides is 1. The van der Waals surface area contributed by atoms with Crippen molar-refractivity contribution >= 4 is 15.9 Å². The summed E-state index contributed by atoms with van der Waals surface area (Å²) in [5.41, 5.74) is 4.51. The molecule has 0 aliphatic carbocycles. The molecule has 30 heavy (non-hydrogen) atoms. The largest absolute Gasteiger partial charge is 0.335 e. The van der Waals surface area contributed by atoms with Gasteiger partial charge in [-0.2, -0.15) is 4.31 Å². The number of carbonyl (C=O) groups excluding carboxylic acids is 1. The van der Waals surface area contributed by atoms with Gasteiger partial charge >= 0.3 is 0 Å². The summed E-state index contributed by atoms with van der Waals surface area (Å²) in [5, 5.41) is 0. The van der Waals surface area contributed by atoms with Crippen LogP contribution in [0.5, 0.6) is 0 Å². The Balaban J connectivity index is 1.56. The Morgan fingerprint density at radius 3 is 2.23 bits per heavy atom. The predicted molar refractivity (Wildman–Crippen MR) is 118 cm³/mol. The Hall–Kier alpha value is -2.22. The van der Waals surface area contributed by atoms with E-state index in [2.05, 4.69) is 19.1 Å². The second-order valence-electron chi connectivity index (χ2n) is 8.27. The number of amides is 1. The smallest absolute Gasteiger partial charge is 0.277 e. The molecule has 0 aromatic heterocycles. The normalized spacial score (nSPS) is 16.5. The van der Waals surface area contributed by atoms with Crippen molar-refractivity contribution in [2.75, 3.05) is 39.8 Å². The third-order valence-corrected chi connectivity index (χ3v) is 7.81. The predicted octanol–water partition coefficient (Wildman–Crippen LogP) is 1.16. The zero-order valence-electron chi connectivity index (χ0n) is 18.3. The first kappa shape index (κ1) is 22.5. The number of hydrogen-bond donors (Lipinski definition) is 1. The van der Waals surface area contributed by atoms with Crippen LogP contribution in [-0.4, -0.2) is 63.3 Å². The van der Waals surface area contributed by atoms with Gasteiger partial charge in [0.05, 0.1) is 11.9 Å². The maximum atomic E-state index is 13.0. The van der Waals surface area contributed by atoms with E-state index in [1.165, 1.54) is 15.4 Å². The topological polar surface area (TPSA) is 62.1 Å². The number of aryl methyl sites for hydroxylation is 3. The van der Waals surface area contributed by atoms with Gasteiger partial charge in [-0.1, -0.05) is 30.3 Å². The molecule has 2 aromatic rings. The van der Waals surface area contributed by atoms with Crippen molar-refractivity contribution in [1.82, 2.24) is 9.21 Å². The number of quaternary nitrogens is 1. The van der Waals surface area contributed by atoms with E-state index in [-0.39, 0.29) is 5.91 Å². The maximum absolute atomic E-state index is 13.0. The van der Waals surface area contributed by atoms with Crippen molar-refractivity contribution in [3.63, 3.8) is 0 Å². The number of rotatable bonds is 6. The summed E-state index contributed by atoms with van der Waals surface area (Å²) in [4.78, 5) is 16.0. The zero-order chi connectivity index (χ0) is 21.9. The molecule has 3 rings (SSSR count). The average Bonchev–Trinajstić information content (AvgIpc) is 2.71. The molecule has 1 amide bonds. The first-order chi connectivity index (χ1) is 14.2. The summed E-state index contributed by atoms with van der Waals surface area (Å²) in [7, 11) is -1.51. The lowest BCUT2D eigenvalue weighted by Crippen LogP contribution is -3.09. The van der Waals surface area contributed by atoms with E-state index >= 15 is 0 Å². The lowest BCUT2D eigenvalue weighted by atomic mass is 10.1. The average molecular weight is 431 g/mol. The van der Waals surface area contributed by atoms with Crippen molar-refractivity contribution < 1.29 is 18.1 Å². The van der Waals surface area contributed by atoms with Crippen molar-refractivity contribution in [3.8, 4) is 0 Å². The van der Waals surface area contributed by atoms with Gasteiger partial charge in [-0.25, -0.2) is 8.42 Å². The highest BCUT2D eigenvalue weighted by Crippen LogP contribution is 2.20. The Morgan fingerprint density at radius 2 is 1.60 bits per heavy atom. The molecule has 7 heteroatoms. The van der Waals surface area contributed by atoms with Crippen LogP contribution >= 0.6 is 0 Å². The van der Waals surface area contributed by atoms with Crippen molar-refractivity contribution in [1.29, 1.82) is 0 Å². The highest BCUT2D eigenvalue weighted by molar-refractivity contribution is 7.89. The number of benzene rings is 2. The molecule has 0 radical (unpaired) electrons. The quantitative estimate of drug-likeness (QED) is 0.748. The van der Waals surface area contributed by atoms with Gasteiger partial charge in [0.15, 0.2) is 6.54 Å². The molecule has 162 valence electrons. The minimum absolute atomic E-state index is 0.0734. The maximum Gasteiger partial charge on any atom is 0.277 e. The van der Waals surface area contributed by atoms with E-state index in [1.807, 2.05) is 39.1 Å². The van der Waals surface area contributed by atoms with E-state index in [0.29, 0.717) is 37.6 Å². The lowest BCUT2D eigenvalue weighted by Gasteiger charge is -2.34. The van der Waals surface area contributed by atoms with Crippen LogP contribution in [0.2, 0.25) is 0 Å². The van der Waals surface area contributed by atoms with Gasteiger partial charge in [0.25, 0.3) is 5.91 Å². The summed E-state index contributed by atoms with van der Waals surface area (Å²) >= 11 is 0.